The van der Waals surface area contributed by atoms with Crippen LogP contribution >= 0.6 is 34.9 Å². The summed E-state index contributed by atoms with van der Waals surface area (Å²) in [6.45, 7) is 0.192. The number of β-lactam (4-membered cyclic amide) rings is 1. The Morgan fingerprint density at radius 1 is 1.39 bits per heavy atom. The van der Waals surface area contributed by atoms with Crippen molar-refractivity contribution in [3.05, 3.63) is 28.2 Å². The molecule has 0 radical (unpaired) electrons. The van der Waals surface area contributed by atoms with Gasteiger partial charge in [0.25, 0.3) is 11.8 Å². The van der Waals surface area contributed by atoms with Crippen LogP contribution in [-0.4, -0.2) is 109 Å². The molecule has 0 unspecified atom stereocenters. The largest absolute Gasteiger partial charge is 0.477 e. The van der Waals surface area contributed by atoms with Gasteiger partial charge in [0, 0.05) is 16.9 Å². The molecular formula is C17H17N13O5S3. The monoisotopic (exact) mass is 579 g/mol. The molecule has 2 atom stereocenters. The first-order chi connectivity index (χ1) is 18.4. The van der Waals surface area contributed by atoms with E-state index >= 15 is 0 Å². The second-order valence-electron chi connectivity index (χ2n) is 7.57. The Balaban J connectivity index is 1.28. The zero-order valence-electron chi connectivity index (χ0n) is 19.2. The Hall–Kier alpha value is -4.11. The normalized spacial score (nSPS) is 19.2. The van der Waals surface area contributed by atoms with Crippen molar-refractivity contribution >= 4 is 63.5 Å². The Morgan fingerprint density at radius 2 is 2.24 bits per heavy atom. The van der Waals surface area contributed by atoms with Crippen LogP contribution in [-0.2, 0) is 25.8 Å². The number of anilines is 1. The lowest BCUT2D eigenvalue weighted by Gasteiger charge is -2.49. The summed E-state index contributed by atoms with van der Waals surface area (Å²) >= 11 is 3.65. The fraction of sp³-hybridized carbons (Fsp3) is 0.353. The summed E-state index contributed by atoms with van der Waals surface area (Å²) in [5.74, 6) is -1.55. The van der Waals surface area contributed by atoms with Gasteiger partial charge in [0.05, 0.1) is 0 Å². The van der Waals surface area contributed by atoms with Gasteiger partial charge in [-0.1, -0.05) is 16.9 Å². The molecule has 38 heavy (non-hydrogen) atoms. The van der Waals surface area contributed by atoms with Crippen molar-refractivity contribution in [3.8, 4) is 0 Å². The van der Waals surface area contributed by atoms with Crippen LogP contribution in [0.3, 0.4) is 0 Å². The van der Waals surface area contributed by atoms with E-state index in [0.29, 0.717) is 22.3 Å². The number of H-pyrrole nitrogens is 1. The van der Waals surface area contributed by atoms with Gasteiger partial charge in [-0.15, -0.1) is 33.3 Å². The summed E-state index contributed by atoms with van der Waals surface area (Å²) in [5, 5.41) is 42.7. The van der Waals surface area contributed by atoms with E-state index in [1.54, 1.807) is 0 Å². The van der Waals surface area contributed by atoms with E-state index in [9.17, 15) is 19.5 Å². The second kappa shape index (κ2) is 10.7. The van der Waals surface area contributed by atoms with Crippen LogP contribution in [0, 0.1) is 0 Å². The van der Waals surface area contributed by atoms with Gasteiger partial charge in [-0.2, -0.15) is 0 Å². The molecule has 198 valence electrons. The maximum Gasteiger partial charge on any atom is 0.352 e. The van der Waals surface area contributed by atoms with E-state index in [2.05, 4.69) is 51.6 Å². The molecule has 0 aromatic carbocycles. The lowest BCUT2D eigenvalue weighted by atomic mass is 10.0. The van der Waals surface area contributed by atoms with Gasteiger partial charge in [-0.25, -0.2) is 19.6 Å². The number of carboxylic acid groups (broad SMARTS) is 1. The highest BCUT2D eigenvalue weighted by Gasteiger charge is 2.54. The van der Waals surface area contributed by atoms with E-state index in [1.807, 2.05) is 0 Å². The third kappa shape index (κ3) is 4.89. The molecule has 1 saturated heterocycles. The molecule has 0 saturated carbocycles. The average molecular weight is 580 g/mol. The van der Waals surface area contributed by atoms with Gasteiger partial charge in [-0.3, -0.25) is 14.5 Å². The second-order valence-corrected chi connectivity index (χ2v) is 10.5. The first-order valence-corrected chi connectivity index (χ1v) is 13.4. The molecule has 0 bridgehead atoms. The van der Waals surface area contributed by atoms with Crippen LogP contribution in [0.25, 0.3) is 0 Å². The number of nitrogens with one attached hydrogen (secondary N) is 2. The number of aliphatic carboxylic acids is 1. The summed E-state index contributed by atoms with van der Waals surface area (Å²) in [4.78, 5) is 48.0. The van der Waals surface area contributed by atoms with Crippen molar-refractivity contribution in [1.82, 2.24) is 56.0 Å². The number of aromatic amines is 1. The molecule has 1 fully saturated rings. The fourth-order valence-corrected chi connectivity index (χ4v) is 6.54. The third-order valence-electron chi connectivity index (χ3n) is 5.26. The highest BCUT2D eigenvalue weighted by atomic mass is 32.2. The number of nitrogens with zero attached hydrogens (tertiary/aromatic N) is 10. The van der Waals surface area contributed by atoms with Crippen LogP contribution in [0.4, 0.5) is 5.13 Å². The van der Waals surface area contributed by atoms with Crippen LogP contribution < -0.4 is 11.1 Å². The van der Waals surface area contributed by atoms with Gasteiger partial charge in [0.2, 0.25) is 5.16 Å². The van der Waals surface area contributed by atoms with Crippen molar-refractivity contribution in [2.45, 2.75) is 23.1 Å². The molecule has 2 aliphatic heterocycles. The summed E-state index contributed by atoms with van der Waals surface area (Å²) in [6, 6.07) is -0.961. The number of tetrazole rings is 2. The summed E-state index contributed by atoms with van der Waals surface area (Å²) in [5.41, 5.74) is 6.06. The maximum atomic E-state index is 13.0. The maximum absolute atomic E-state index is 13.0. The molecule has 3 aromatic heterocycles. The van der Waals surface area contributed by atoms with Crippen LogP contribution in [0.5, 0.6) is 0 Å². The van der Waals surface area contributed by atoms with E-state index in [1.165, 1.54) is 45.6 Å². The first kappa shape index (κ1) is 25.5. The molecule has 5 N–H and O–H groups in total. The molecule has 5 rings (SSSR count). The molecule has 21 heteroatoms. The number of nitrogen functional groups attached to an aromatic ring is 1. The van der Waals surface area contributed by atoms with Crippen molar-refractivity contribution in [1.29, 1.82) is 0 Å². The lowest BCUT2D eigenvalue weighted by Crippen LogP contribution is -2.71. The Labute approximate surface area is 224 Å². The van der Waals surface area contributed by atoms with E-state index in [-0.39, 0.29) is 34.5 Å². The lowest BCUT2D eigenvalue weighted by molar-refractivity contribution is -0.150. The quantitative estimate of drug-likeness (QED) is 0.0891. The van der Waals surface area contributed by atoms with Gasteiger partial charge in [0.1, 0.15) is 36.5 Å². The highest BCUT2D eigenvalue weighted by molar-refractivity contribution is 8.01. The van der Waals surface area contributed by atoms with E-state index in [4.69, 9.17) is 10.6 Å². The number of hydrogen-bond donors (Lipinski definition) is 4. The number of thiazole rings is 1. The third-order valence-corrected chi connectivity index (χ3v) is 8.32. The molecule has 5 heterocycles. The van der Waals surface area contributed by atoms with Gasteiger partial charge in [0.15, 0.2) is 16.7 Å². The van der Waals surface area contributed by atoms with E-state index < -0.39 is 29.2 Å². The van der Waals surface area contributed by atoms with Crippen LogP contribution in [0.2, 0.25) is 0 Å². The average Bonchev–Trinajstić information content (AvgIpc) is 3.67. The minimum Gasteiger partial charge on any atom is -0.477 e. The number of aromatic nitrogens is 9. The number of amides is 2. The number of hydrogen-bond acceptors (Lipinski definition) is 16. The predicted octanol–water partition coefficient (Wildman–Crippen LogP) is -1.85. The molecule has 2 amide bonds. The molecule has 18 nitrogen and oxygen atoms in total. The van der Waals surface area contributed by atoms with Crippen molar-refractivity contribution in [2.75, 3.05) is 24.3 Å². The Bertz CT molecular complexity index is 1430. The molecule has 0 aliphatic carbocycles. The van der Waals surface area contributed by atoms with Crippen molar-refractivity contribution < 1.29 is 24.3 Å². The fourth-order valence-electron chi connectivity index (χ4n) is 3.63. The number of carbonyl (C=O) groups is 3. The van der Waals surface area contributed by atoms with E-state index in [0.717, 1.165) is 11.3 Å². The van der Waals surface area contributed by atoms with Crippen LogP contribution in [0.15, 0.2) is 27.0 Å². The zero-order chi connectivity index (χ0) is 26.8. The number of fused-ring (bicyclic) bond motifs is 1. The zero-order valence-corrected chi connectivity index (χ0v) is 21.7. The summed E-state index contributed by atoms with van der Waals surface area (Å²) in [7, 11) is 1.27. The summed E-state index contributed by atoms with van der Waals surface area (Å²) < 4.78 is 1.46. The summed E-state index contributed by atoms with van der Waals surface area (Å²) in [6.07, 6.45) is 0. The number of thioether (sulfide) groups is 2. The predicted molar refractivity (Wildman–Crippen MR) is 132 cm³/mol. The molecule has 0 spiro atoms. The minimum atomic E-state index is -1.25. The van der Waals surface area contributed by atoms with Gasteiger partial charge in [-0.05, 0) is 26.4 Å². The molecule has 2 aliphatic rings. The number of carboxylic acids is 1. The Morgan fingerprint density at radius 3 is 2.92 bits per heavy atom. The first-order valence-electron chi connectivity index (χ1n) is 10.5. The smallest absolute Gasteiger partial charge is 0.352 e. The standard InChI is InChI=1S/C17H17N13O5S3/c1-35-24-9(7-5-37-16(18)19-7)12(31)20-10-13(32)30-11(15(33)34)6(3-36-14(10)30)4-38-17-23-27-28-29(17)2-8-21-25-26-22-8/h5,10,14H,2-4H2,1H3,(H2,18,19)(H,20,31)(H,33,34)(H,21,22,25,26)/t10-,14+/m1/s1. The van der Waals surface area contributed by atoms with Gasteiger partial charge < -0.3 is 21.0 Å². The number of carbonyl (C=O) groups excluding carboxylic acids is 2. The Kier molecular flexibility index (Phi) is 7.20. The van der Waals surface area contributed by atoms with Crippen molar-refractivity contribution in [3.63, 3.8) is 0 Å². The number of rotatable bonds is 10. The highest BCUT2D eigenvalue weighted by Crippen LogP contribution is 2.41. The number of nitrogens with two attached hydrogens (primary N) is 1. The molecule has 3 aromatic rings. The topological polar surface area (TPSA) is 245 Å². The molecular weight excluding hydrogens is 562 g/mol. The van der Waals surface area contributed by atoms with Crippen molar-refractivity contribution in [2.24, 2.45) is 5.16 Å². The number of oxime groups is 1. The minimum absolute atomic E-state index is 0.131. The van der Waals surface area contributed by atoms with Gasteiger partial charge >= 0.3 is 5.97 Å². The van der Waals surface area contributed by atoms with Crippen LogP contribution in [0.1, 0.15) is 11.5 Å². The SMILES string of the molecule is CON=C(C(=O)N[C@@H]1C(=O)N2C(C(=O)O)=C(CSc3nnnn3Cc3nnn[nH]3)CS[C@@H]12)c1csc(N)n1.